The lowest BCUT2D eigenvalue weighted by atomic mass is 10.2. The molecule has 21 heavy (non-hydrogen) atoms. The lowest BCUT2D eigenvalue weighted by Gasteiger charge is -2.21. The summed E-state index contributed by atoms with van der Waals surface area (Å²) in [6, 6.07) is 0. The molecule has 5 heteroatoms. The molecule has 2 fully saturated rings. The summed E-state index contributed by atoms with van der Waals surface area (Å²) in [6.45, 7) is 2.09. The summed E-state index contributed by atoms with van der Waals surface area (Å²) >= 11 is 0. The first kappa shape index (κ1) is 13.3. The molecule has 3 aliphatic rings. The first-order valence-electron chi connectivity index (χ1n) is 8.31. The summed E-state index contributed by atoms with van der Waals surface area (Å²) < 4.78 is 6.10. The molecule has 2 aliphatic carbocycles. The summed E-state index contributed by atoms with van der Waals surface area (Å²) in [5.74, 6) is 1.57. The second-order valence-electron chi connectivity index (χ2n) is 6.46. The van der Waals surface area contributed by atoms with Crippen LogP contribution in [0.25, 0.3) is 0 Å². The molecule has 5 nitrogen and oxygen atoms in total. The standard InChI is InChI=1S/C16H23N3O2/c20-13-7-4-8-14(13)21-15-11-5-3-6-12(11)17-16(18-15)19-9-1-2-10-19/h13-14,20H,1-10H2. The molecule has 0 aromatic carbocycles. The van der Waals surface area contributed by atoms with E-state index >= 15 is 0 Å². The number of fused-ring (bicyclic) bond motifs is 1. The van der Waals surface area contributed by atoms with Gasteiger partial charge in [-0.2, -0.15) is 4.98 Å². The van der Waals surface area contributed by atoms with E-state index in [1.54, 1.807) is 0 Å². The van der Waals surface area contributed by atoms with Gasteiger partial charge in [0, 0.05) is 18.7 Å². The monoisotopic (exact) mass is 289 g/mol. The number of aliphatic hydroxyl groups is 1. The van der Waals surface area contributed by atoms with Gasteiger partial charge in [0.15, 0.2) is 0 Å². The fourth-order valence-electron chi connectivity index (χ4n) is 3.73. The topological polar surface area (TPSA) is 58.5 Å². The molecule has 1 saturated heterocycles. The molecule has 1 N–H and O–H groups in total. The van der Waals surface area contributed by atoms with Gasteiger partial charge in [0.05, 0.1) is 11.8 Å². The molecular formula is C16H23N3O2. The van der Waals surface area contributed by atoms with Crippen LogP contribution in [0.1, 0.15) is 49.8 Å². The van der Waals surface area contributed by atoms with E-state index in [0.717, 1.165) is 69.1 Å². The Morgan fingerprint density at radius 2 is 1.86 bits per heavy atom. The van der Waals surface area contributed by atoms with Gasteiger partial charge in [-0.05, 0) is 51.4 Å². The zero-order valence-corrected chi connectivity index (χ0v) is 12.4. The van der Waals surface area contributed by atoms with Crippen LogP contribution < -0.4 is 9.64 Å². The van der Waals surface area contributed by atoms with Crippen LogP contribution in [-0.2, 0) is 12.8 Å². The summed E-state index contributed by atoms with van der Waals surface area (Å²) in [5.41, 5.74) is 2.34. The zero-order valence-electron chi connectivity index (χ0n) is 12.4. The third-order valence-corrected chi connectivity index (χ3v) is 4.95. The first-order valence-corrected chi connectivity index (χ1v) is 8.31. The quantitative estimate of drug-likeness (QED) is 0.920. The maximum absolute atomic E-state index is 10.0. The van der Waals surface area contributed by atoms with Gasteiger partial charge in [-0.25, -0.2) is 4.98 Å². The highest BCUT2D eigenvalue weighted by atomic mass is 16.5. The van der Waals surface area contributed by atoms with Crippen molar-refractivity contribution in [2.75, 3.05) is 18.0 Å². The Labute approximate surface area is 125 Å². The number of aliphatic hydroxyl groups excluding tert-OH is 1. The van der Waals surface area contributed by atoms with E-state index in [0.29, 0.717) is 0 Å². The van der Waals surface area contributed by atoms with Gasteiger partial charge in [0.25, 0.3) is 0 Å². The molecule has 0 radical (unpaired) electrons. The predicted octanol–water partition coefficient (Wildman–Crippen LogP) is 1.86. The summed E-state index contributed by atoms with van der Waals surface area (Å²) in [7, 11) is 0. The molecule has 4 rings (SSSR count). The van der Waals surface area contributed by atoms with Crippen molar-refractivity contribution in [1.29, 1.82) is 0 Å². The SMILES string of the molecule is OC1CCCC1Oc1nc(N2CCCC2)nc2c1CCC2. The van der Waals surface area contributed by atoms with Crippen molar-refractivity contribution in [3.05, 3.63) is 11.3 Å². The molecule has 1 aromatic heterocycles. The van der Waals surface area contributed by atoms with Crippen molar-refractivity contribution in [3.8, 4) is 5.88 Å². The molecule has 0 spiro atoms. The van der Waals surface area contributed by atoms with Crippen molar-refractivity contribution in [1.82, 2.24) is 9.97 Å². The van der Waals surface area contributed by atoms with Gasteiger partial charge >= 0.3 is 0 Å². The van der Waals surface area contributed by atoms with E-state index in [4.69, 9.17) is 14.7 Å². The van der Waals surface area contributed by atoms with Gasteiger partial charge in [-0.1, -0.05) is 0 Å². The van der Waals surface area contributed by atoms with Crippen LogP contribution in [0.3, 0.4) is 0 Å². The normalized spacial score (nSPS) is 28.1. The number of ether oxygens (including phenoxy) is 1. The van der Waals surface area contributed by atoms with Crippen LogP contribution in [0.15, 0.2) is 0 Å². The van der Waals surface area contributed by atoms with E-state index in [2.05, 4.69) is 4.90 Å². The van der Waals surface area contributed by atoms with E-state index in [1.165, 1.54) is 18.4 Å². The summed E-state index contributed by atoms with van der Waals surface area (Å²) in [6.07, 6.45) is 8.00. The average Bonchev–Trinajstić information content (AvgIpc) is 3.20. The van der Waals surface area contributed by atoms with Crippen LogP contribution in [0.2, 0.25) is 0 Å². The highest BCUT2D eigenvalue weighted by Gasteiger charge is 2.30. The molecule has 1 aliphatic heterocycles. The third-order valence-electron chi connectivity index (χ3n) is 4.95. The van der Waals surface area contributed by atoms with E-state index in [9.17, 15) is 5.11 Å². The van der Waals surface area contributed by atoms with Crippen LogP contribution in [0.4, 0.5) is 5.95 Å². The summed E-state index contributed by atoms with van der Waals surface area (Å²) in [5, 5.41) is 10.0. The minimum atomic E-state index is -0.341. The second kappa shape index (κ2) is 5.44. The molecule has 1 aromatic rings. The molecule has 2 heterocycles. The van der Waals surface area contributed by atoms with Crippen LogP contribution in [-0.4, -0.2) is 40.4 Å². The molecular weight excluding hydrogens is 266 g/mol. The van der Waals surface area contributed by atoms with E-state index < -0.39 is 0 Å². The van der Waals surface area contributed by atoms with Crippen molar-refractivity contribution in [2.45, 2.75) is 63.6 Å². The summed E-state index contributed by atoms with van der Waals surface area (Å²) in [4.78, 5) is 11.7. The fourth-order valence-corrected chi connectivity index (χ4v) is 3.73. The average molecular weight is 289 g/mol. The van der Waals surface area contributed by atoms with Gasteiger partial charge in [0.1, 0.15) is 6.10 Å². The predicted molar refractivity (Wildman–Crippen MR) is 79.8 cm³/mol. The molecule has 2 atom stereocenters. The van der Waals surface area contributed by atoms with Gasteiger partial charge in [0.2, 0.25) is 11.8 Å². The Hall–Kier alpha value is -1.36. The Kier molecular flexibility index (Phi) is 3.45. The molecule has 2 unspecified atom stereocenters. The number of hydrogen-bond donors (Lipinski definition) is 1. The van der Waals surface area contributed by atoms with Gasteiger partial charge in [-0.15, -0.1) is 0 Å². The first-order chi connectivity index (χ1) is 10.3. The van der Waals surface area contributed by atoms with Crippen molar-refractivity contribution in [3.63, 3.8) is 0 Å². The number of hydrogen-bond acceptors (Lipinski definition) is 5. The molecule has 114 valence electrons. The highest BCUT2D eigenvalue weighted by molar-refractivity contribution is 5.43. The second-order valence-corrected chi connectivity index (χ2v) is 6.46. The maximum Gasteiger partial charge on any atom is 0.228 e. The number of rotatable bonds is 3. The van der Waals surface area contributed by atoms with E-state index in [1.807, 2.05) is 0 Å². The number of aromatic nitrogens is 2. The lowest BCUT2D eigenvalue weighted by molar-refractivity contribution is 0.0567. The minimum Gasteiger partial charge on any atom is -0.471 e. The Morgan fingerprint density at radius 1 is 1.00 bits per heavy atom. The number of nitrogens with zero attached hydrogens (tertiary/aromatic N) is 3. The van der Waals surface area contributed by atoms with Crippen molar-refractivity contribution in [2.24, 2.45) is 0 Å². The largest absolute Gasteiger partial charge is 0.471 e. The Balaban J connectivity index is 1.64. The van der Waals surface area contributed by atoms with Crippen molar-refractivity contribution >= 4 is 5.95 Å². The van der Waals surface area contributed by atoms with Gasteiger partial charge < -0.3 is 14.7 Å². The number of aryl methyl sites for hydroxylation is 1. The van der Waals surface area contributed by atoms with Crippen LogP contribution in [0, 0.1) is 0 Å². The highest BCUT2D eigenvalue weighted by Crippen LogP contribution is 2.33. The Morgan fingerprint density at radius 3 is 2.62 bits per heavy atom. The molecule has 0 bridgehead atoms. The van der Waals surface area contributed by atoms with E-state index in [-0.39, 0.29) is 12.2 Å². The molecule has 0 amide bonds. The lowest BCUT2D eigenvalue weighted by Crippen LogP contribution is -2.27. The van der Waals surface area contributed by atoms with Gasteiger partial charge in [-0.3, -0.25) is 0 Å². The smallest absolute Gasteiger partial charge is 0.228 e. The number of anilines is 1. The Bertz CT molecular complexity index is 528. The molecule has 1 saturated carbocycles. The third kappa shape index (κ3) is 2.48. The maximum atomic E-state index is 10.0. The minimum absolute atomic E-state index is 0.0870. The van der Waals surface area contributed by atoms with Crippen LogP contribution >= 0.6 is 0 Å². The van der Waals surface area contributed by atoms with Crippen molar-refractivity contribution < 1.29 is 9.84 Å². The fraction of sp³-hybridized carbons (Fsp3) is 0.750. The van der Waals surface area contributed by atoms with Crippen LogP contribution in [0.5, 0.6) is 5.88 Å². The zero-order chi connectivity index (χ0) is 14.2.